The number of hydrogen-bond donors (Lipinski definition) is 1. The van der Waals surface area contributed by atoms with Gasteiger partial charge in [-0.1, -0.05) is 182 Å². The van der Waals surface area contributed by atoms with Gasteiger partial charge in [0.2, 0.25) is 0 Å². The number of fused-ring (bicyclic) bond motifs is 4. The summed E-state index contributed by atoms with van der Waals surface area (Å²) in [6, 6.07) is 28.6. The molecule has 1 N–H and O–H groups in total. The summed E-state index contributed by atoms with van der Waals surface area (Å²) in [5, 5.41) is 17.1. The van der Waals surface area contributed by atoms with Gasteiger partial charge in [0.15, 0.2) is 5.78 Å². The zero-order valence-electron chi connectivity index (χ0n) is 40.2. The topological polar surface area (TPSA) is 50.2 Å². The molecule has 0 atom stereocenters. The van der Waals surface area contributed by atoms with Crippen molar-refractivity contribution in [2.45, 2.75) is 141 Å². The van der Waals surface area contributed by atoms with E-state index in [1.54, 1.807) is 5.19 Å². The molecule has 3 nitrogen and oxygen atoms in total. The predicted molar refractivity (Wildman–Crippen MR) is 264 cm³/mol. The molecule has 0 saturated heterocycles. The molecule has 2 aromatic heterocycles. The fourth-order valence-electron chi connectivity index (χ4n) is 10.4. The second-order valence-corrected chi connectivity index (χ2v) is 26.7. The Kier molecular flexibility index (Phi) is 18.6. The van der Waals surface area contributed by atoms with Gasteiger partial charge < -0.3 is 5.11 Å². The van der Waals surface area contributed by atoms with E-state index in [0.717, 1.165) is 29.0 Å². The maximum Gasteiger partial charge on any atom is 0.162 e. The number of benzene rings is 3. The first-order chi connectivity index (χ1) is 27.5. The maximum absolute atomic E-state index is 12.3. The molecule has 2 heterocycles. The molecule has 1 radical (unpaired) electrons. The van der Waals surface area contributed by atoms with Crippen LogP contribution in [-0.2, 0) is 30.3 Å². The third kappa shape index (κ3) is 12.5. The Bertz CT molecular complexity index is 2160. The van der Waals surface area contributed by atoms with E-state index in [9.17, 15) is 9.90 Å². The quantitative estimate of drug-likeness (QED) is 0.0492. The average Bonchev–Trinajstić information content (AvgIpc) is 3.47. The van der Waals surface area contributed by atoms with Crippen molar-refractivity contribution in [2.75, 3.05) is 0 Å². The number of aliphatic hydroxyl groups is 1. The minimum absolute atomic E-state index is 0. The monoisotopic (exact) mass is 1030 g/mol. The van der Waals surface area contributed by atoms with Crippen molar-refractivity contribution >= 4 is 61.3 Å². The van der Waals surface area contributed by atoms with Gasteiger partial charge in [-0.15, -0.1) is 40.5 Å². The first kappa shape index (κ1) is 51.7. The van der Waals surface area contributed by atoms with E-state index < -0.39 is 8.07 Å². The van der Waals surface area contributed by atoms with Gasteiger partial charge in [-0.3, -0.25) is 9.78 Å². The SMILES string of the molecule is CC(C)C(C(=O)/C=C(\O)C(C(C)C)C(C)C)C(C)C.CC(C)C[Si](CC(C)C)(CC(C)C)c1ccc2c(c1)sc1c(-c3[c-]c4ccccc4c(C(C)(C)C)c3)nccc12.[Ir]. The average molecular weight is 1030 g/mol. The summed E-state index contributed by atoms with van der Waals surface area (Å²) < 4.78 is 2.69. The minimum Gasteiger partial charge on any atom is -0.512 e. The Morgan fingerprint density at radius 3 is 1.75 bits per heavy atom. The van der Waals surface area contributed by atoms with E-state index in [4.69, 9.17) is 4.98 Å². The summed E-state index contributed by atoms with van der Waals surface area (Å²) in [5.41, 5.74) is 3.55. The fraction of sp³-hybridized carbons (Fsp3) is 0.556. The van der Waals surface area contributed by atoms with Crippen molar-refractivity contribution in [1.82, 2.24) is 4.98 Å². The smallest absolute Gasteiger partial charge is 0.162 e. The Labute approximate surface area is 384 Å². The standard InChI is InChI=1S/C37H46NSSi.C17H32O2.Ir/c1-24(2)21-40(22-25(3)4,23-26(5)6)29-14-15-31-32-16-17-38-35(36(32)39-34(31)20-29)28-18-27-12-10-11-13-30(27)33(19-28)37(7,8)9;1-10(2)16(11(3)4)14(18)9-15(19)17(12(5)6)13(7)8;/h10-17,19-20,24-26H,21-23H2,1-9H3;9-13,16-18H,1-8H3;/q-1;;/b;14-9-;. The van der Waals surface area contributed by atoms with Crippen LogP contribution in [0, 0.1) is 59.3 Å². The van der Waals surface area contributed by atoms with Crippen LogP contribution >= 0.6 is 11.3 Å². The van der Waals surface area contributed by atoms with E-state index in [0.29, 0.717) is 23.7 Å². The normalized spacial score (nSPS) is 13.1. The molecule has 0 aliphatic rings. The molecule has 6 heteroatoms. The van der Waals surface area contributed by atoms with Crippen LogP contribution < -0.4 is 5.19 Å². The van der Waals surface area contributed by atoms with Gasteiger partial charge in [0.1, 0.15) is 0 Å². The maximum atomic E-state index is 12.3. The number of hydrogen-bond acceptors (Lipinski definition) is 4. The summed E-state index contributed by atoms with van der Waals surface area (Å²) in [6.45, 7) is 38.0. The molecule has 0 unspecified atom stereocenters. The van der Waals surface area contributed by atoms with Gasteiger partial charge in [0, 0.05) is 59.3 Å². The number of aromatic nitrogens is 1. The van der Waals surface area contributed by atoms with Crippen molar-refractivity contribution < 1.29 is 30.0 Å². The number of carbonyl (C=O) groups excluding carboxylic acids is 1. The number of rotatable bonds is 15. The Morgan fingerprint density at radius 1 is 0.717 bits per heavy atom. The molecule has 0 aliphatic carbocycles. The van der Waals surface area contributed by atoms with Crippen molar-refractivity contribution in [1.29, 1.82) is 0 Å². The van der Waals surface area contributed by atoms with E-state index >= 15 is 0 Å². The number of carbonyl (C=O) groups is 1. The first-order valence-corrected chi connectivity index (χ1v) is 26.1. The van der Waals surface area contributed by atoms with Crippen molar-refractivity contribution in [3.05, 3.63) is 84.3 Å². The van der Waals surface area contributed by atoms with Crippen molar-refractivity contribution in [3.8, 4) is 11.3 Å². The van der Waals surface area contributed by atoms with Gasteiger partial charge in [-0.2, -0.15) is 0 Å². The molecule has 5 rings (SSSR count). The molecule has 0 bridgehead atoms. The third-order valence-corrected chi connectivity index (χ3v) is 19.6. The summed E-state index contributed by atoms with van der Waals surface area (Å²) in [6.07, 6.45) is 3.47. The van der Waals surface area contributed by atoms with E-state index in [1.165, 1.54) is 60.7 Å². The zero-order chi connectivity index (χ0) is 44.1. The number of nitrogens with zero attached hydrogens (tertiary/aromatic N) is 1. The molecular weight excluding hydrogens is 947 g/mol. The second-order valence-electron chi connectivity index (χ2n) is 21.3. The second kappa shape index (κ2) is 21.6. The zero-order valence-corrected chi connectivity index (χ0v) is 44.4. The van der Waals surface area contributed by atoms with Crippen LogP contribution in [0.4, 0.5) is 0 Å². The van der Waals surface area contributed by atoms with Crippen LogP contribution in [0.2, 0.25) is 18.1 Å². The number of aliphatic hydroxyl groups excluding tert-OH is 1. The predicted octanol–water partition coefficient (Wildman–Crippen LogP) is 15.8. The summed E-state index contributed by atoms with van der Waals surface area (Å²) in [7, 11) is -1.68. The van der Waals surface area contributed by atoms with Crippen LogP contribution in [-0.4, -0.2) is 23.9 Å². The molecule has 0 saturated carbocycles. The largest absolute Gasteiger partial charge is 0.512 e. The summed E-state index contributed by atoms with van der Waals surface area (Å²) in [5.74, 6) is 3.79. The number of allylic oxidation sites excluding steroid dienone is 2. The molecule has 60 heavy (non-hydrogen) atoms. The fourth-order valence-corrected chi connectivity index (χ4v) is 18.5. The Morgan fingerprint density at radius 2 is 1.25 bits per heavy atom. The number of pyridine rings is 1. The van der Waals surface area contributed by atoms with E-state index in [1.807, 2.05) is 17.5 Å². The molecule has 0 fully saturated rings. The van der Waals surface area contributed by atoms with Crippen LogP contribution in [0.1, 0.15) is 123 Å². The van der Waals surface area contributed by atoms with Crippen LogP contribution in [0.15, 0.2) is 72.6 Å². The first-order valence-electron chi connectivity index (χ1n) is 22.7. The van der Waals surface area contributed by atoms with Gasteiger partial charge in [0.25, 0.3) is 0 Å². The minimum atomic E-state index is -1.68. The number of ketones is 1. The van der Waals surface area contributed by atoms with Gasteiger partial charge in [0.05, 0.1) is 13.8 Å². The Hall–Kier alpha value is -2.63. The van der Waals surface area contributed by atoms with Crippen molar-refractivity contribution in [3.63, 3.8) is 0 Å². The van der Waals surface area contributed by atoms with Crippen LogP contribution in [0.25, 0.3) is 42.2 Å². The summed E-state index contributed by atoms with van der Waals surface area (Å²) >= 11 is 1.93. The van der Waals surface area contributed by atoms with Gasteiger partial charge in [-0.05, 0) is 69.7 Å². The van der Waals surface area contributed by atoms with Crippen LogP contribution in [0.5, 0.6) is 0 Å². The van der Waals surface area contributed by atoms with E-state index in [2.05, 4.69) is 178 Å². The molecule has 0 aliphatic heterocycles. The van der Waals surface area contributed by atoms with Crippen LogP contribution in [0.3, 0.4) is 0 Å². The van der Waals surface area contributed by atoms with E-state index in [-0.39, 0.29) is 48.9 Å². The number of thiophene rings is 1. The Balaban J connectivity index is 0.000000409. The molecule has 3 aromatic carbocycles. The molecular formula is C54H78IrNO2SSi-. The molecule has 331 valence electrons. The molecule has 0 spiro atoms. The molecule has 0 amide bonds. The molecule has 5 aromatic rings. The van der Waals surface area contributed by atoms with Gasteiger partial charge in [-0.25, -0.2) is 0 Å². The van der Waals surface area contributed by atoms with Crippen molar-refractivity contribution in [2.24, 2.45) is 53.3 Å². The summed E-state index contributed by atoms with van der Waals surface area (Å²) in [4.78, 5) is 17.3. The van der Waals surface area contributed by atoms with Gasteiger partial charge >= 0.3 is 0 Å². The third-order valence-electron chi connectivity index (χ3n) is 12.1.